The van der Waals surface area contributed by atoms with E-state index in [2.05, 4.69) is 20.8 Å². The van der Waals surface area contributed by atoms with E-state index < -0.39 is 11.6 Å². The summed E-state index contributed by atoms with van der Waals surface area (Å²) in [7, 11) is 0. The molecule has 0 heterocycles. The summed E-state index contributed by atoms with van der Waals surface area (Å²) in [6.45, 7) is 6.27. The van der Waals surface area contributed by atoms with Crippen LogP contribution in [0.3, 0.4) is 0 Å². The maximum absolute atomic E-state index is 13.6. The van der Waals surface area contributed by atoms with Crippen LogP contribution in [-0.2, 0) is 5.41 Å². The maximum atomic E-state index is 13.6. The average molecular weight is 277 g/mol. The monoisotopic (exact) mass is 277 g/mol. The van der Waals surface area contributed by atoms with Crippen molar-refractivity contribution in [2.24, 2.45) is 0 Å². The van der Waals surface area contributed by atoms with Crippen LogP contribution in [-0.4, -0.2) is 0 Å². The van der Waals surface area contributed by atoms with Crippen LogP contribution in [0.15, 0.2) is 36.4 Å². The van der Waals surface area contributed by atoms with Gasteiger partial charge < -0.3 is 10.5 Å². The topological polar surface area (TPSA) is 35.2 Å². The first-order valence-corrected chi connectivity index (χ1v) is 6.31. The Morgan fingerprint density at radius 3 is 2.10 bits per heavy atom. The summed E-state index contributed by atoms with van der Waals surface area (Å²) in [6.07, 6.45) is 0. The molecule has 0 aliphatic heterocycles. The van der Waals surface area contributed by atoms with Crippen LogP contribution >= 0.6 is 0 Å². The average Bonchev–Trinajstić information content (AvgIpc) is 2.39. The lowest BCUT2D eigenvalue weighted by Gasteiger charge is -2.19. The SMILES string of the molecule is CC(C)(C)c1ccc(Oc2c(N)ccc(F)c2F)cc1. The molecule has 2 nitrogen and oxygen atoms in total. The van der Waals surface area contributed by atoms with Gasteiger partial charge in [0.2, 0.25) is 5.82 Å². The van der Waals surface area contributed by atoms with Crippen LogP contribution in [0, 0.1) is 11.6 Å². The molecule has 20 heavy (non-hydrogen) atoms. The van der Waals surface area contributed by atoms with Crippen LogP contribution in [0.25, 0.3) is 0 Å². The number of hydrogen-bond donors (Lipinski definition) is 1. The molecular weight excluding hydrogens is 260 g/mol. The van der Waals surface area contributed by atoms with Gasteiger partial charge in [-0.1, -0.05) is 32.9 Å². The third kappa shape index (κ3) is 2.90. The second-order valence-corrected chi connectivity index (χ2v) is 5.66. The number of nitrogens with two attached hydrogens (primary N) is 1. The Bertz CT molecular complexity index is 616. The summed E-state index contributed by atoms with van der Waals surface area (Å²) < 4.78 is 32.2. The summed E-state index contributed by atoms with van der Waals surface area (Å²) in [5.74, 6) is -1.94. The summed E-state index contributed by atoms with van der Waals surface area (Å²) in [5.41, 5.74) is 6.80. The first-order valence-electron chi connectivity index (χ1n) is 6.31. The lowest BCUT2D eigenvalue weighted by Crippen LogP contribution is -2.10. The Kier molecular flexibility index (Phi) is 3.66. The summed E-state index contributed by atoms with van der Waals surface area (Å²) in [4.78, 5) is 0. The molecule has 2 rings (SSSR count). The highest BCUT2D eigenvalue weighted by molar-refractivity contribution is 5.55. The first kappa shape index (κ1) is 14.3. The van der Waals surface area contributed by atoms with E-state index in [1.54, 1.807) is 12.1 Å². The Morgan fingerprint density at radius 2 is 1.55 bits per heavy atom. The van der Waals surface area contributed by atoms with E-state index in [-0.39, 0.29) is 16.9 Å². The number of ether oxygens (including phenoxy) is 1. The molecule has 0 amide bonds. The third-order valence-electron chi connectivity index (χ3n) is 3.02. The van der Waals surface area contributed by atoms with Gasteiger partial charge in [-0.25, -0.2) is 4.39 Å². The van der Waals surface area contributed by atoms with E-state index in [0.29, 0.717) is 5.75 Å². The van der Waals surface area contributed by atoms with Crippen molar-refractivity contribution >= 4 is 5.69 Å². The van der Waals surface area contributed by atoms with Crippen molar-refractivity contribution < 1.29 is 13.5 Å². The van der Waals surface area contributed by atoms with E-state index in [0.717, 1.165) is 11.6 Å². The molecule has 0 radical (unpaired) electrons. The van der Waals surface area contributed by atoms with Gasteiger partial charge in [0.25, 0.3) is 0 Å². The van der Waals surface area contributed by atoms with E-state index in [4.69, 9.17) is 10.5 Å². The van der Waals surface area contributed by atoms with Crippen LogP contribution in [0.4, 0.5) is 14.5 Å². The number of anilines is 1. The molecule has 0 aromatic heterocycles. The summed E-state index contributed by atoms with van der Waals surface area (Å²) in [6, 6.07) is 9.46. The zero-order chi connectivity index (χ0) is 14.9. The van der Waals surface area contributed by atoms with E-state index in [9.17, 15) is 8.78 Å². The number of rotatable bonds is 2. The molecule has 0 aliphatic rings. The minimum Gasteiger partial charge on any atom is -0.452 e. The Balaban J connectivity index is 2.30. The Labute approximate surface area is 117 Å². The molecule has 0 atom stereocenters. The highest BCUT2D eigenvalue weighted by atomic mass is 19.2. The lowest BCUT2D eigenvalue weighted by molar-refractivity contribution is 0.418. The van der Waals surface area contributed by atoms with Crippen molar-refractivity contribution in [1.29, 1.82) is 0 Å². The predicted octanol–water partition coefficient (Wildman–Crippen LogP) is 4.64. The normalized spacial score (nSPS) is 11.4. The van der Waals surface area contributed by atoms with Crippen LogP contribution in [0.5, 0.6) is 11.5 Å². The molecule has 0 bridgehead atoms. The lowest BCUT2D eigenvalue weighted by atomic mass is 9.87. The zero-order valence-electron chi connectivity index (χ0n) is 11.7. The highest BCUT2D eigenvalue weighted by Crippen LogP contribution is 2.32. The molecule has 0 spiro atoms. The smallest absolute Gasteiger partial charge is 0.203 e. The second-order valence-electron chi connectivity index (χ2n) is 5.66. The fourth-order valence-corrected chi connectivity index (χ4v) is 1.79. The van der Waals surface area contributed by atoms with Crippen molar-refractivity contribution in [3.05, 3.63) is 53.6 Å². The van der Waals surface area contributed by atoms with Crippen LogP contribution < -0.4 is 10.5 Å². The molecular formula is C16H17F2NO. The molecule has 0 saturated carbocycles. The fraction of sp³-hybridized carbons (Fsp3) is 0.250. The fourth-order valence-electron chi connectivity index (χ4n) is 1.79. The van der Waals surface area contributed by atoms with Gasteiger partial charge in [-0.3, -0.25) is 0 Å². The second kappa shape index (κ2) is 5.12. The molecule has 0 aliphatic carbocycles. The van der Waals surface area contributed by atoms with E-state index in [1.165, 1.54) is 6.07 Å². The zero-order valence-corrected chi connectivity index (χ0v) is 11.7. The van der Waals surface area contributed by atoms with Crippen LogP contribution in [0.2, 0.25) is 0 Å². The van der Waals surface area contributed by atoms with Gasteiger partial charge in [0.05, 0.1) is 5.69 Å². The van der Waals surface area contributed by atoms with Crippen molar-refractivity contribution in [3.63, 3.8) is 0 Å². The van der Waals surface area contributed by atoms with E-state index >= 15 is 0 Å². The minimum absolute atomic E-state index is 0.0155. The van der Waals surface area contributed by atoms with Gasteiger partial charge in [0.1, 0.15) is 5.75 Å². The molecule has 2 N–H and O–H groups in total. The molecule has 0 saturated heterocycles. The summed E-state index contributed by atoms with van der Waals surface area (Å²) in [5, 5.41) is 0. The molecule has 4 heteroatoms. The first-order chi connectivity index (χ1) is 9.29. The largest absolute Gasteiger partial charge is 0.452 e. The maximum Gasteiger partial charge on any atom is 0.203 e. The molecule has 2 aromatic carbocycles. The molecule has 0 fully saturated rings. The van der Waals surface area contributed by atoms with Gasteiger partial charge in [0, 0.05) is 0 Å². The van der Waals surface area contributed by atoms with Crippen molar-refractivity contribution in [3.8, 4) is 11.5 Å². The van der Waals surface area contributed by atoms with E-state index in [1.807, 2.05) is 12.1 Å². The van der Waals surface area contributed by atoms with Crippen LogP contribution in [0.1, 0.15) is 26.3 Å². The number of nitrogen functional groups attached to an aromatic ring is 1. The number of benzene rings is 2. The van der Waals surface area contributed by atoms with Crippen molar-refractivity contribution in [2.45, 2.75) is 26.2 Å². The molecule has 2 aromatic rings. The van der Waals surface area contributed by atoms with Gasteiger partial charge in [0.15, 0.2) is 11.6 Å². The quantitative estimate of drug-likeness (QED) is 0.812. The van der Waals surface area contributed by atoms with Gasteiger partial charge >= 0.3 is 0 Å². The summed E-state index contributed by atoms with van der Waals surface area (Å²) >= 11 is 0. The molecule has 0 unspecified atom stereocenters. The van der Waals surface area contributed by atoms with Crippen molar-refractivity contribution in [1.82, 2.24) is 0 Å². The molecule has 106 valence electrons. The Hall–Kier alpha value is -2.10. The standard InChI is InChI=1S/C16H17F2NO/c1-16(2,3)10-4-6-11(7-5-10)20-15-13(19)9-8-12(17)14(15)18/h4-9H,19H2,1-3H3. The number of hydrogen-bond acceptors (Lipinski definition) is 2. The van der Waals surface area contributed by atoms with Crippen molar-refractivity contribution in [2.75, 3.05) is 5.73 Å². The van der Waals surface area contributed by atoms with Gasteiger partial charge in [-0.05, 0) is 35.2 Å². The Morgan fingerprint density at radius 1 is 0.950 bits per heavy atom. The van der Waals surface area contributed by atoms with Gasteiger partial charge in [-0.15, -0.1) is 0 Å². The third-order valence-corrected chi connectivity index (χ3v) is 3.02. The van der Waals surface area contributed by atoms with Gasteiger partial charge in [-0.2, -0.15) is 4.39 Å². The predicted molar refractivity (Wildman–Crippen MR) is 76.0 cm³/mol. The minimum atomic E-state index is -1.08. The highest BCUT2D eigenvalue weighted by Gasteiger charge is 2.16. The number of halogens is 2.